The Labute approximate surface area is 156 Å². The van der Waals surface area contributed by atoms with Crippen LogP contribution in [0.15, 0.2) is 59.1 Å². The van der Waals surface area contributed by atoms with Gasteiger partial charge >= 0.3 is 0 Å². The zero-order valence-electron chi connectivity index (χ0n) is 14.5. The molecule has 0 saturated heterocycles. The maximum absolute atomic E-state index is 12.0. The van der Waals surface area contributed by atoms with Crippen LogP contribution in [0.2, 0.25) is 0 Å². The van der Waals surface area contributed by atoms with Crippen LogP contribution in [-0.4, -0.2) is 30.7 Å². The first-order chi connectivity index (χ1) is 12.9. The Bertz CT molecular complexity index is 1020. The van der Waals surface area contributed by atoms with E-state index in [1.54, 1.807) is 24.3 Å². The first kappa shape index (κ1) is 18.6. The van der Waals surface area contributed by atoms with Crippen LogP contribution in [0.3, 0.4) is 0 Å². The minimum absolute atomic E-state index is 0.131. The second-order valence-electron chi connectivity index (χ2n) is 5.90. The third-order valence-electron chi connectivity index (χ3n) is 3.56. The average Bonchev–Trinajstić information content (AvgIpc) is 3.09. The molecule has 0 atom stereocenters. The van der Waals surface area contributed by atoms with E-state index in [2.05, 4.69) is 20.2 Å². The Hall–Kier alpha value is -3.20. The van der Waals surface area contributed by atoms with Crippen LogP contribution in [0.5, 0.6) is 0 Å². The van der Waals surface area contributed by atoms with Crippen LogP contribution in [0.4, 0.5) is 5.69 Å². The average molecular weight is 386 g/mol. The lowest BCUT2D eigenvalue weighted by Gasteiger charge is -2.03. The Morgan fingerprint density at radius 2 is 1.78 bits per heavy atom. The van der Waals surface area contributed by atoms with Crippen LogP contribution >= 0.6 is 0 Å². The maximum Gasteiger partial charge on any atom is 0.246 e. The van der Waals surface area contributed by atoms with Crippen LogP contribution < -0.4 is 10.0 Å². The van der Waals surface area contributed by atoms with E-state index in [0.29, 0.717) is 17.1 Å². The molecule has 0 aliphatic carbocycles. The van der Waals surface area contributed by atoms with Crippen molar-refractivity contribution in [2.45, 2.75) is 13.0 Å². The van der Waals surface area contributed by atoms with E-state index >= 15 is 0 Å². The molecule has 3 aromatic rings. The zero-order chi connectivity index (χ0) is 19.3. The summed E-state index contributed by atoms with van der Waals surface area (Å²) in [5.74, 6) is 0.495. The molecule has 140 valence electrons. The third-order valence-corrected chi connectivity index (χ3v) is 4.17. The standard InChI is InChI=1S/C18H18N4O4S/c1-27(24,25)22-15-9-7-14(8-10-15)18-20-17(26-21-18)12-19-16(23)11-13-5-3-2-4-6-13/h2-10,22H,11-12H2,1H3,(H,19,23). The van der Waals surface area contributed by atoms with E-state index in [1.807, 2.05) is 30.3 Å². The number of carbonyl (C=O) groups is 1. The fourth-order valence-electron chi connectivity index (χ4n) is 2.36. The van der Waals surface area contributed by atoms with Crippen LogP contribution in [0.1, 0.15) is 11.5 Å². The molecule has 8 nitrogen and oxygen atoms in total. The number of nitrogens with one attached hydrogen (secondary N) is 2. The van der Waals surface area contributed by atoms with Crippen LogP contribution in [0, 0.1) is 0 Å². The molecule has 3 rings (SSSR count). The Kier molecular flexibility index (Phi) is 5.51. The van der Waals surface area contributed by atoms with Gasteiger partial charge in [0.1, 0.15) is 0 Å². The predicted molar refractivity (Wildman–Crippen MR) is 100 cm³/mol. The van der Waals surface area contributed by atoms with E-state index in [0.717, 1.165) is 11.8 Å². The number of amides is 1. The molecule has 9 heteroatoms. The van der Waals surface area contributed by atoms with Crippen molar-refractivity contribution in [2.24, 2.45) is 0 Å². The van der Waals surface area contributed by atoms with E-state index in [9.17, 15) is 13.2 Å². The SMILES string of the molecule is CS(=O)(=O)Nc1ccc(-c2noc(CNC(=O)Cc3ccccc3)n2)cc1. The number of hydrogen-bond donors (Lipinski definition) is 2. The molecule has 1 amide bonds. The van der Waals surface area contributed by atoms with E-state index in [1.165, 1.54) is 0 Å². The van der Waals surface area contributed by atoms with Gasteiger partial charge in [-0.2, -0.15) is 4.98 Å². The minimum Gasteiger partial charge on any atom is -0.347 e. The molecule has 0 spiro atoms. The van der Waals surface area contributed by atoms with Crippen LogP contribution in [0.25, 0.3) is 11.4 Å². The Morgan fingerprint density at radius 1 is 1.07 bits per heavy atom. The molecular weight excluding hydrogens is 368 g/mol. The van der Waals surface area contributed by atoms with Gasteiger partial charge in [-0.1, -0.05) is 35.5 Å². The molecule has 1 heterocycles. The summed E-state index contributed by atoms with van der Waals surface area (Å²) in [5.41, 5.74) is 2.03. The number of benzene rings is 2. The Morgan fingerprint density at radius 3 is 2.44 bits per heavy atom. The van der Waals surface area contributed by atoms with Gasteiger partial charge in [0.25, 0.3) is 0 Å². The normalized spacial score (nSPS) is 11.1. The molecule has 2 aromatic carbocycles. The number of aromatic nitrogens is 2. The molecule has 0 saturated carbocycles. The van der Waals surface area contributed by atoms with Crippen molar-refractivity contribution in [1.29, 1.82) is 0 Å². The zero-order valence-corrected chi connectivity index (χ0v) is 15.4. The monoisotopic (exact) mass is 386 g/mol. The summed E-state index contributed by atoms with van der Waals surface area (Å²) < 4.78 is 30.0. The van der Waals surface area contributed by atoms with Gasteiger partial charge in [0.15, 0.2) is 0 Å². The first-order valence-electron chi connectivity index (χ1n) is 8.10. The van der Waals surface area contributed by atoms with Gasteiger partial charge in [0, 0.05) is 11.3 Å². The van der Waals surface area contributed by atoms with Crippen molar-refractivity contribution in [2.75, 3.05) is 11.0 Å². The molecule has 27 heavy (non-hydrogen) atoms. The van der Waals surface area contributed by atoms with Gasteiger partial charge in [-0.15, -0.1) is 0 Å². The van der Waals surface area contributed by atoms with Gasteiger partial charge < -0.3 is 9.84 Å². The lowest BCUT2D eigenvalue weighted by Crippen LogP contribution is -2.24. The number of sulfonamides is 1. The van der Waals surface area contributed by atoms with E-state index in [-0.39, 0.29) is 24.8 Å². The van der Waals surface area contributed by atoms with E-state index < -0.39 is 10.0 Å². The minimum atomic E-state index is -3.33. The Balaban J connectivity index is 1.57. The second-order valence-corrected chi connectivity index (χ2v) is 7.65. The molecule has 2 N–H and O–H groups in total. The molecule has 0 aliphatic heterocycles. The summed E-state index contributed by atoms with van der Waals surface area (Å²) in [6, 6.07) is 16.0. The lowest BCUT2D eigenvalue weighted by atomic mass is 10.1. The third kappa shape index (κ3) is 5.65. The molecule has 1 aromatic heterocycles. The van der Waals surface area contributed by atoms with Crippen LogP contribution in [-0.2, 0) is 27.8 Å². The van der Waals surface area contributed by atoms with Gasteiger partial charge in [-0.25, -0.2) is 8.42 Å². The lowest BCUT2D eigenvalue weighted by molar-refractivity contribution is -0.120. The number of rotatable bonds is 7. The molecule has 0 fully saturated rings. The smallest absolute Gasteiger partial charge is 0.246 e. The summed E-state index contributed by atoms with van der Waals surface area (Å²) in [6.07, 6.45) is 1.36. The number of hydrogen-bond acceptors (Lipinski definition) is 6. The second kappa shape index (κ2) is 8.00. The highest BCUT2D eigenvalue weighted by atomic mass is 32.2. The van der Waals surface area contributed by atoms with Gasteiger partial charge in [0.05, 0.1) is 19.2 Å². The number of anilines is 1. The van der Waals surface area contributed by atoms with Crippen molar-refractivity contribution >= 4 is 21.6 Å². The fraction of sp³-hybridized carbons (Fsp3) is 0.167. The summed E-state index contributed by atoms with van der Waals surface area (Å²) in [5, 5.41) is 6.61. The molecular formula is C18H18N4O4S. The van der Waals surface area contributed by atoms with Crippen molar-refractivity contribution in [3.05, 3.63) is 66.1 Å². The topological polar surface area (TPSA) is 114 Å². The maximum atomic E-state index is 12.0. The number of nitrogens with zero attached hydrogens (tertiary/aromatic N) is 2. The molecule has 0 radical (unpaired) electrons. The quantitative estimate of drug-likeness (QED) is 0.642. The van der Waals surface area contributed by atoms with Gasteiger partial charge in [0.2, 0.25) is 27.6 Å². The summed E-state index contributed by atoms with van der Waals surface area (Å²) in [4.78, 5) is 16.2. The van der Waals surface area contributed by atoms with Gasteiger partial charge in [-0.05, 0) is 29.8 Å². The predicted octanol–water partition coefficient (Wildman–Crippen LogP) is 1.97. The fourth-order valence-corrected chi connectivity index (χ4v) is 2.93. The van der Waals surface area contributed by atoms with Crippen molar-refractivity contribution in [1.82, 2.24) is 15.5 Å². The summed E-state index contributed by atoms with van der Waals surface area (Å²) >= 11 is 0. The highest BCUT2D eigenvalue weighted by molar-refractivity contribution is 7.92. The van der Waals surface area contributed by atoms with Gasteiger partial charge in [-0.3, -0.25) is 9.52 Å². The summed E-state index contributed by atoms with van der Waals surface area (Å²) in [7, 11) is -3.33. The van der Waals surface area contributed by atoms with Crippen molar-refractivity contribution in [3.8, 4) is 11.4 Å². The molecule has 0 aliphatic rings. The van der Waals surface area contributed by atoms with Crippen molar-refractivity contribution < 1.29 is 17.7 Å². The first-order valence-corrected chi connectivity index (χ1v) is 10.00. The number of carbonyl (C=O) groups excluding carboxylic acids is 1. The van der Waals surface area contributed by atoms with Crippen molar-refractivity contribution in [3.63, 3.8) is 0 Å². The highest BCUT2D eigenvalue weighted by Gasteiger charge is 2.11. The summed E-state index contributed by atoms with van der Waals surface area (Å²) in [6.45, 7) is 0.131. The largest absolute Gasteiger partial charge is 0.347 e. The van der Waals surface area contributed by atoms with E-state index in [4.69, 9.17) is 4.52 Å². The molecule has 0 unspecified atom stereocenters. The highest BCUT2D eigenvalue weighted by Crippen LogP contribution is 2.19. The molecule has 0 bridgehead atoms.